The summed E-state index contributed by atoms with van der Waals surface area (Å²) >= 11 is 6.63. The van der Waals surface area contributed by atoms with Crippen molar-refractivity contribution in [1.29, 1.82) is 0 Å². The molecule has 2 fully saturated rings. The number of hydrogen-bond acceptors (Lipinski definition) is 7. The zero-order valence-electron chi connectivity index (χ0n) is 17.9. The van der Waals surface area contributed by atoms with Gasteiger partial charge in [0.1, 0.15) is 30.5 Å². The Morgan fingerprint density at radius 1 is 0.906 bits per heavy atom. The van der Waals surface area contributed by atoms with Crippen molar-refractivity contribution in [1.82, 2.24) is 0 Å². The Morgan fingerprint density at radius 3 is 2.19 bits per heavy atom. The summed E-state index contributed by atoms with van der Waals surface area (Å²) in [6.45, 7) is 2.44. The van der Waals surface area contributed by atoms with E-state index in [1.165, 1.54) is 5.56 Å². The molecule has 0 radical (unpaired) electrons. The molecule has 5 atom stereocenters. The number of rotatable bonds is 6. The molecule has 2 aromatic carbocycles. The Balaban J connectivity index is 1.73. The summed E-state index contributed by atoms with van der Waals surface area (Å²) in [5.74, 6) is 0. The predicted octanol–water partition coefficient (Wildman–Crippen LogP) is 2.05. The predicted molar refractivity (Wildman–Crippen MR) is 117 cm³/mol. The number of benzene rings is 2. The monoisotopic (exact) mass is 464 g/mol. The van der Waals surface area contributed by atoms with E-state index in [0.717, 1.165) is 17.5 Å². The van der Waals surface area contributed by atoms with Crippen LogP contribution in [0.4, 0.5) is 0 Å². The van der Waals surface area contributed by atoms with E-state index in [2.05, 4.69) is 31.2 Å². The first-order valence-electron chi connectivity index (χ1n) is 10.9. The van der Waals surface area contributed by atoms with Gasteiger partial charge in [0.25, 0.3) is 0 Å². The second-order valence-corrected chi connectivity index (χ2v) is 8.65. The zero-order chi connectivity index (χ0) is 22.8. The van der Waals surface area contributed by atoms with E-state index in [1.54, 1.807) is 6.07 Å². The number of ether oxygens (including phenoxy) is 3. The Hall–Kier alpha value is -1.55. The van der Waals surface area contributed by atoms with Crippen LogP contribution in [-0.4, -0.2) is 64.7 Å². The van der Waals surface area contributed by atoms with Crippen LogP contribution in [0.15, 0.2) is 36.4 Å². The minimum Gasteiger partial charge on any atom is -0.394 e. The van der Waals surface area contributed by atoms with E-state index in [9.17, 15) is 20.4 Å². The molecule has 2 heterocycles. The van der Waals surface area contributed by atoms with Gasteiger partial charge in [0.05, 0.1) is 19.8 Å². The van der Waals surface area contributed by atoms with Crippen molar-refractivity contribution in [3.05, 3.63) is 69.2 Å². The fourth-order valence-electron chi connectivity index (χ4n) is 4.25. The van der Waals surface area contributed by atoms with Crippen LogP contribution < -0.4 is 0 Å². The minimum atomic E-state index is -1.48. The summed E-state index contributed by atoms with van der Waals surface area (Å²) in [4.78, 5) is 0. The van der Waals surface area contributed by atoms with Crippen LogP contribution in [0.1, 0.15) is 47.1 Å². The highest BCUT2D eigenvalue weighted by molar-refractivity contribution is 6.31. The molecule has 0 aromatic heterocycles. The van der Waals surface area contributed by atoms with Crippen molar-refractivity contribution in [2.75, 3.05) is 19.8 Å². The van der Waals surface area contributed by atoms with E-state index in [0.29, 0.717) is 35.8 Å². The van der Waals surface area contributed by atoms with E-state index >= 15 is 0 Å². The average Bonchev–Trinajstić information content (AvgIpc) is 3.34. The summed E-state index contributed by atoms with van der Waals surface area (Å²) in [6.07, 6.45) is -5.52. The van der Waals surface area contributed by atoms with Gasteiger partial charge in [0.2, 0.25) is 0 Å². The second kappa shape index (κ2) is 10.2. The van der Waals surface area contributed by atoms with E-state index in [4.69, 9.17) is 25.8 Å². The fraction of sp³-hybridized carbons (Fsp3) is 0.500. The topological polar surface area (TPSA) is 109 Å². The molecule has 2 aliphatic heterocycles. The second-order valence-electron chi connectivity index (χ2n) is 8.24. The molecule has 0 saturated carbocycles. The van der Waals surface area contributed by atoms with Gasteiger partial charge < -0.3 is 34.6 Å². The molecule has 174 valence electrons. The maximum Gasteiger partial charge on any atom is 0.184 e. The maximum atomic E-state index is 10.7. The van der Waals surface area contributed by atoms with Crippen LogP contribution in [-0.2, 0) is 27.1 Å². The van der Waals surface area contributed by atoms with Crippen LogP contribution in [0.3, 0.4) is 0 Å². The van der Waals surface area contributed by atoms with Gasteiger partial charge in [-0.3, -0.25) is 0 Å². The summed E-state index contributed by atoms with van der Waals surface area (Å²) in [5, 5.41) is 41.3. The summed E-state index contributed by atoms with van der Waals surface area (Å²) in [5.41, 5.74) is 4.25. The normalized spacial score (nSPS) is 28.9. The van der Waals surface area contributed by atoms with Crippen molar-refractivity contribution >= 4 is 11.6 Å². The summed E-state index contributed by atoms with van der Waals surface area (Å²) in [7, 11) is 0. The van der Waals surface area contributed by atoms with Crippen molar-refractivity contribution < 1.29 is 34.6 Å². The Morgan fingerprint density at radius 2 is 1.56 bits per heavy atom. The third kappa shape index (κ3) is 4.71. The third-order valence-corrected chi connectivity index (χ3v) is 6.50. The van der Waals surface area contributed by atoms with E-state index in [1.807, 2.05) is 6.07 Å². The van der Waals surface area contributed by atoms with E-state index in [-0.39, 0.29) is 0 Å². The smallest absolute Gasteiger partial charge is 0.184 e. The van der Waals surface area contributed by atoms with Crippen LogP contribution in [0.2, 0.25) is 5.02 Å². The third-order valence-electron chi connectivity index (χ3n) is 6.15. The first-order chi connectivity index (χ1) is 15.4. The maximum absolute atomic E-state index is 10.7. The SMILES string of the molecule is CCc1ccc(Cc2cc(C3OC(CO)C(O)C(O)C3O)c(C3OCCO3)cc2Cl)cc1. The van der Waals surface area contributed by atoms with Gasteiger partial charge in [0.15, 0.2) is 6.29 Å². The minimum absolute atomic E-state index is 0.419. The molecule has 5 unspecified atom stereocenters. The highest BCUT2D eigenvalue weighted by atomic mass is 35.5. The lowest BCUT2D eigenvalue weighted by atomic mass is 9.87. The molecule has 2 saturated heterocycles. The number of aryl methyl sites for hydroxylation is 1. The summed E-state index contributed by atoms with van der Waals surface area (Å²) < 4.78 is 17.2. The number of aliphatic hydroxyl groups excluding tert-OH is 4. The summed E-state index contributed by atoms with van der Waals surface area (Å²) in [6, 6.07) is 11.8. The average molecular weight is 465 g/mol. The fourth-order valence-corrected chi connectivity index (χ4v) is 4.49. The Kier molecular flexibility index (Phi) is 7.49. The zero-order valence-corrected chi connectivity index (χ0v) is 18.6. The molecule has 7 nitrogen and oxygen atoms in total. The van der Waals surface area contributed by atoms with Crippen LogP contribution in [0.5, 0.6) is 0 Å². The van der Waals surface area contributed by atoms with Crippen molar-refractivity contribution in [2.45, 2.75) is 56.6 Å². The van der Waals surface area contributed by atoms with Gasteiger partial charge in [0, 0.05) is 10.6 Å². The highest BCUT2D eigenvalue weighted by Crippen LogP contribution is 2.40. The number of halogens is 1. The van der Waals surface area contributed by atoms with Gasteiger partial charge in [-0.25, -0.2) is 0 Å². The molecule has 2 aromatic rings. The lowest BCUT2D eigenvalue weighted by Crippen LogP contribution is -2.55. The van der Waals surface area contributed by atoms with Crippen LogP contribution in [0, 0.1) is 0 Å². The van der Waals surface area contributed by atoms with Crippen molar-refractivity contribution in [3.8, 4) is 0 Å². The van der Waals surface area contributed by atoms with E-state index < -0.39 is 43.4 Å². The van der Waals surface area contributed by atoms with Gasteiger partial charge in [-0.2, -0.15) is 0 Å². The van der Waals surface area contributed by atoms with Crippen LogP contribution in [0.25, 0.3) is 0 Å². The molecule has 0 bridgehead atoms. The lowest BCUT2D eigenvalue weighted by Gasteiger charge is -2.41. The Labute approximate surface area is 192 Å². The quantitative estimate of drug-likeness (QED) is 0.518. The number of aliphatic hydroxyl groups is 4. The molecule has 8 heteroatoms. The molecular weight excluding hydrogens is 436 g/mol. The molecule has 32 heavy (non-hydrogen) atoms. The van der Waals surface area contributed by atoms with Gasteiger partial charge in [-0.05, 0) is 41.2 Å². The van der Waals surface area contributed by atoms with Gasteiger partial charge in [-0.15, -0.1) is 0 Å². The molecule has 4 N–H and O–H groups in total. The standard InChI is InChI=1S/C24H29ClO7/c1-2-13-3-5-14(6-4-13)9-15-10-16(17(11-18(15)25)24-30-7-8-31-24)23-22(29)21(28)20(27)19(12-26)32-23/h3-6,10-11,19-24,26-29H,2,7-9,12H2,1H3. The van der Waals surface area contributed by atoms with Gasteiger partial charge >= 0.3 is 0 Å². The molecular formula is C24H29ClO7. The van der Waals surface area contributed by atoms with Gasteiger partial charge in [-0.1, -0.05) is 48.9 Å². The molecule has 4 rings (SSSR count). The number of hydrogen-bond donors (Lipinski definition) is 4. The molecule has 0 amide bonds. The highest BCUT2D eigenvalue weighted by Gasteiger charge is 2.45. The molecule has 2 aliphatic rings. The molecule has 0 spiro atoms. The largest absolute Gasteiger partial charge is 0.394 e. The Bertz CT molecular complexity index is 911. The van der Waals surface area contributed by atoms with Crippen LogP contribution >= 0.6 is 11.6 Å². The van der Waals surface area contributed by atoms with Crippen molar-refractivity contribution in [2.24, 2.45) is 0 Å². The van der Waals surface area contributed by atoms with Crippen molar-refractivity contribution in [3.63, 3.8) is 0 Å². The first kappa shape index (κ1) is 23.6. The first-order valence-corrected chi connectivity index (χ1v) is 11.2. The molecule has 0 aliphatic carbocycles. The lowest BCUT2D eigenvalue weighted by molar-refractivity contribution is -0.232.